The highest BCUT2D eigenvalue weighted by molar-refractivity contribution is 14.0. The summed E-state index contributed by atoms with van der Waals surface area (Å²) < 4.78 is 11.1. The Balaban J connectivity index is 0.00000385. The van der Waals surface area contributed by atoms with Gasteiger partial charge >= 0.3 is 0 Å². The van der Waals surface area contributed by atoms with Crippen LogP contribution in [-0.2, 0) is 11.3 Å². The zero-order valence-corrected chi connectivity index (χ0v) is 22.0. The third-order valence-corrected chi connectivity index (χ3v) is 5.03. The molecule has 0 radical (unpaired) electrons. The summed E-state index contributed by atoms with van der Waals surface area (Å²) in [6.45, 7) is 10.7. The predicted molar refractivity (Wildman–Crippen MR) is 143 cm³/mol. The van der Waals surface area contributed by atoms with Crippen LogP contribution in [-0.4, -0.2) is 61.5 Å². The smallest absolute Gasteiger partial charge is 0.191 e. The topological polar surface area (TPSA) is 91.2 Å². The average Bonchev–Trinajstić information content (AvgIpc) is 2.81. The summed E-state index contributed by atoms with van der Waals surface area (Å²) in [4.78, 5) is 11.5. The second kappa shape index (κ2) is 14.2. The molecule has 3 rings (SSSR count). The highest BCUT2D eigenvalue weighted by atomic mass is 127. The lowest BCUT2D eigenvalue weighted by Gasteiger charge is -2.29. The van der Waals surface area contributed by atoms with Gasteiger partial charge in [-0.25, -0.2) is 9.98 Å². The fourth-order valence-corrected chi connectivity index (χ4v) is 3.47. The Labute approximate surface area is 213 Å². The van der Waals surface area contributed by atoms with Crippen molar-refractivity contribution in [2.24, 2.45) is 4.99 Å². The van der Waals surface area contributed by atoms with E-state index in [0.29, 0.717) is 32.3 Å². The van der Waals surface area contributed by atoms with E-state index in [1.54, 1.807) is 0 Å². The van der Waals surface area contributed by atoms with Crippen LogP contribution >= 0.6 is 24.0 Å². The maximum absolute atomic E-state index is 10.6. The normalized spacial score (nSPS) is 15.1. The van der Waals surface area contributed by atoms with Gasteiger partial charge in [0.25, 0.3) is 0 Å². The molecule has 1 aromatic heterocycles. The summed E-state index contributed by atoms with van der Waals surface area (Å²) in [6, 6.07) is 11.5. The Bertz CT molecular complexity index is 857. The van der Waals surface area contributed by atoms with E-state index in [9.17, 15) is 5.11 Å². The highest BCUT2D eigenvalue weighted by Crippen LogP contribution is 2.20. The molecular weight excluding hydrogens is 533 g/mol. The van der Waals surface area contributed by atoms with Crippen molar-refractivity contribution in [1.82, 2.24) is 15.6 Å². The fraction of sp³-hybridized carbons (Fsp3) is 0.500. The fourth-order valence-electron chi connectivity index (χ4n) is 3.47. The van der Waals surface area contributed by atoms with E-state index < -0.39 is 6.10 Å². The minimum absolute atomic E-state index is 0. The Kier molecular flexibility index (Phi) is 11.7. The van der Waals surface area contributed by atoms with Crippen molar-refractivity contribution >= 4 is 35.8 Å². The Hall–Kier alpha value is -2.11. The van der Waals surface area contributed by atoms with Crippen molar-refractivity contribution in [2.75, 3.05) is 44.3 Å². The largest absolute Gasteiger partial charge is 0.491 e. The molecule has 1 fully saturated rings. The molecule has 1 atom stereocenters. The minimum atomic E-state index is -0.658. The lowest BCUT2D eigenvalue weighted by atomic mass is 10.1. The third-order valence-electron chi connectivity index (χ3n) is 5.03. The van der Waals surface area contributed by atoms with Crippen LogP contribution < -0.4 is 20.3 Å². The summed E-state index contributed by atoms with van der Waals surface area (Å²) >= 11 is 0. The van der Waals surface area contributed by atoms with Crippen molar-refractivity contribution < 1.29 is 14.6 Å². The van der Waals surface area contributed by atoms with E-state index >= 15 is 0 Å². The van der Waals surface area contributed by atoms with E-state index in [1.807, 2.05) is 57.3 Å². The average molecular weight is 569 g/mol. The molecule has 0 bridgehead atoms. The molecule has 0 aliphatic carbocycles. The molecule has 182 valence electrons. The second-order valence-electron chi connectivity index (χ2n) is 7.91. The number of anilines is 1. The second-order valence-corrected chi connectivity index (χ2v) is 7.91. The number of aliphatic imine (C=N–C) groups is 1. The Morgan fingerprint density at radius 3 is 2.58 bits per heavy atom. The number of halogens is 1. The number of benzene rings is 1. The molecule has 1 aliphatic rings. The number of hydrogen-bond acceptors (Lipinski definition) is 6. The summed E-state index contributed by atoms with van der Waals surface area (Å²) in [5, 5.41) is 17.1. The number of rotatable bonds is 9. The van der Waals surface area contributed by atoms with Gasteiger partial charge in [-0.05, 0) is 44.5 Å². The van der Waals surface area contributed by atoms with E-state index in [1.165, 1.54) is 0 Å². The van der Waals surface area contributed by atoms with Gasteiger partial charge in [-0.1, -0.05) is 18.2 Å². The van der Waals surface area contributed by atoms with Gasteiger partial charge in [0.2, 0.25) is 0 Å². The van der Waals surface area contributed by atoms with Gasteiger partial charge < -0.3 is 30.1 Å². The number of ether oxygens (including phenoxy) is 2. The van der Waals surface area contributed by atoms with Gasteiger partial charge in [-0.15, -0.1) is 24.0 Å². The van der Waals surface area contributed by atoms with Crippen LogP contribution in [0.4, 0.5) is 5.82 Å². The van der Waals surface area contributed by atoms with Gasteiger partial charge in [0.1, 0.15) is 11.6 Å². The number of nitrogens with one attached hydrogen (secondary N) is 2. The zero-order chi connectivity index (χ0) is 22.8. The standard InChI is InChI=1S/C24H35N5O3.HI/c1-4-25-24(28-17-22(30)19-7-9-21(10-8-19)32-18(2)3)27-16-20-6-5-11-26-23(20)29-12-14-31-15-13-29;/h5-11,18,22,30H,4,12-17H2,1-3H3,(H2,25,27,28);1H. The first-order valence-corrected chi connectivity index (χ1v) is 11.3. The molecular formula is C24H36IN5O3. The Morgan fingerprint density at radius 1 is 1.18 bits per heavy atom. The first-order valence-electron chi connectivity index (χ1n) is 11.3. The molecule has 1 aliphatic heterocycles. The van der Waals surface area contributed by atoms with E-state index in [4.69, 9.17) is 14.5 Å². The molecule has 8 nitrogen and oxygen atoms in total. The van der Waals surface area contributed by atoms with Crippen molar-refractivity contribution in [3.05, 3.63) is 53.7 Å². The van der Waals surface area contributed by atoms with Crippen molar-refractivity contribution in [1.29, 1.82) is 0 Å². The van der Waals surface area contributed by atoms with Crippen LogP contribution in [0.25, 0.3) is 0 Å². The Morgan fingerprint density at radius 2 is 1.91 bits per heavy atom. The molecule has 9 heteroatoms. The molecule has 1 unspecified atom stereocenters. The van der Waals surface area contributed by atoms with Crippen LogP contribution in [0.15, 0.2) is 47.6 Å². The van der Waals surface area contributed by atoms with Gasteiger partial charge in [0.15, 0.2) is 5.96 Å². The number of morpholine rings is 1. The number of pyridine rings is 1. The first kappa shape index (κ1) is 27.1. The SMILES string of the molecule is CCNC(=NCc1cccnc1N1CCOCC1)NCC(O)c1ccc(OC(C)C)cc1.I. The van der Waals surface area contributed by atoms with E-state index in [0.717, 1.165) is 42.3 Å². The van der Waals surface area contributed by atoms with E-state index in [-0.39, 0.29) is 30.1 Å². The molecule has 33 heavy (non-hydrogen) atoms. The summed E-state index contributed by atoms with van der Waals surface area (Å²) in [6.07, 6.45) is 1.28. The van der Waals surface area contributed by atoms with Crippen LogP contribution in [0.1, 0.15) is 38.0 Å². The van der Waals surface area contributed by atoms with Crippen molar-refractivity contribution in [2.45, 2.75) is 39.5 Å². The summed E-state index contributed by atoms with van der Waals surface area (Å²) in [5.41, 5.74) is 1.89. The number of hydrogen-bond donors (Lipinski definition) is 3. The summed E-state index contributed by atoms with van der Waals surface area (Å²) in [7, 11) is 0. The maximum atomic E-state index is 10.6. The lowest BCUT2D eigenvalue weighted by Crippen LogP contribution is -2.39. The molecule has 2 aromatic rings. The van der Waals surface area contributed by atoms with Crippen LogP contribution in [0.5, 0.6) is 5.75 Å². The number of aromatic nitrogens is 1. The molecule has 1 saturated heterocycles. The number of aliphatic hydroxyl groups excluding tert-OH is 1. The van der Waals surface area contributed by atoms with Crippen LogP contribution in [0.3, 0.4) is 0 Å². The third kappa shape index (κ3) is 8.63. The molecule has 3 N–H and O–H groups in total. The number of guanidine groups is 1. The van der Waals surface area contributed by atoms with Crippen LogP contribution in [0.2, 0.25) is 0 Å². The number of aliphatic hydroxyl groups is 1. The van der Waals surface area contributed by atoms with E-state index in [2.05, 4.69) is 26.6 Å². The molecule has 2 heterocycles. The first-order chi connectivity index (χ1) is 15.6. The highest BCUT2D eigenvalue weighted by Gasteiger charge is 2.16. The molecule has 1 aromatic carbocycles. The van der Waals surface area contributed by atoms with Crippen molar-refractivity contribution in [3.8, 4) is 5.75 Å². The lowest BCUT2D eigenvalue weighted by molar-refractivity contribution is 0.122. The van der Waals surface area contributed by atoms with Gasteiger partial charge in [0, 0.05) is 37.9 Å². The van der Waals surface area contributed by atoms with Gasteiger partial charge in [-0.3, -0.25) is 0 Å². The maximum Gasteiger partial charge on any atom is 0.191 e. The minimum Gasteiger partial charge on any atom is -0.491 e. The zero-order valence-electron chi connectivity index (χ0n) is 19.7. The predicted octanol–water partition coefficient (Wildman–Crippen LogP) is 3.11. The monoisotopic (exact) mass is 569 g/mol. The molecule has 0 saturated carbocycles. The van der Waals surface area contributed by atoms with Crippen molar-refractivity contribution in [3.63, 3.8) is 0 Å². The summed E-state index contributed by atoms with van der Waals surface area (Å²) in [5.74, 6) is 2.41. The van der Waals surface area contributed by atoms with Crippen LogP contribution in [0, 0.1) is 0 Å². The molecule has 0 amide bonds. The van der Waals surface area contributed by atoms with Gasteiger partial charge in [-0.2, -0.15) is 0 Å². The number of nitrogens with zero attached hydrogens (tertiary/aromatic N) is 3. The quantitative estimate of drug-likeness (QED) is 0.243. The molecule has 0 spiro atoms. The van der Waals surface area contributed by atoms with Gasteiger partial charge in [0.05, 0.1) is 32.0 Å².